The van der Waals surface area contributed by atoms with Gasteiger partial charge in [-0.25, -0.2) is 4.79 Å². The number of rotatable bonds is 5. The monoisotopic (exact) mass is 231 g/mol. The highest BCUT2D eigenvalue weighted by Crippen LogP contribution is 2.08. The van der Waals surface area contributed by atoms with E-state index in [-0.39, 0.29) is 12.3 Å². The number of hydrogen-bond donors (Lipinski definition) is 1. The van der Waals surface area contributed by atoms with Crippen molar-refractivity contribution >= 4 is 11.9 Å². The van der Waals surface area contributed by atoms with E-state index >= 15 is 0 Å². The Labute approximate surface area is 96.5 Å². The summed E-state index contributed by atoms with van der Waals surface area (Å²) in [5.41, 5.74) is -0.539. The van der Waals surface area contributed by atoms with Gasteiger partial charge in [-0.2, -0.15) is 0 Å². The van der Waals surface area contributed by atoms with Gasteiger partial charge in [-0.05, 0) is 27.7 Å². The van der Waals surface area contributed by atoms with Crippen LogP contribution in [0, 0.1) is 0 Å². The highest BCUT2D eigenvalue weighted by atomic mass is 16.6. The van der Waals surface area contributed by atoms with E-state index in [1.54, 1.807) is 27.7 Å². The molecule has 16 heavy (non-hydrogen) atoms. The first-order valence-corrected chi connectivity index (χ1v) is 5.27. The smallest absolute Gasteiger partial charge is 0.328 e. The number of methoxy groups -OCH3 is 1. The van der Waals surface area contributed by atoms with Gasteiger partial charge in [0.05, 0.1) is 6.61 Å². The molecule has 0 rings (SSSR count). The molecule has 0 heterocycles. The van der Waals surface area contributed by atoms with Crippen molar-refractivity contribution in [3.8, 4) is 0 Å². The molecule has 0 aliphatic carbocycles. The van der Waals surface area contributed by atoms with Gasteiger partial charge in [0.2, 0.25) is 5.91 Å². The first-order valence-electron chi connectivity index (χ1n) is 5.27. The third kappa shape index (κ3) is 7.23. The molecule has 1 atom stereocenters. The van der Waals surface area contributed by atoms with Crippen molar-refractivity contribution < 1.29 is 19.1 Å². The van der Waals surface area contributed by atoms with Gasteiger partial charge in [-0.3, -0.25) is 4.79 Å². The lowest BCUT2D eigenvalue weighted by molar-refractivity contribution is -0.158. The van der Waals surface area contributed by atoms with Gasteiger partial charge in [0.1, 0.15) is 11.6 Å². The Balaban J connectivity index is 4.01. The van der Waals surface area contributed by atoms with E-state index in [9.17, 15) is 9.59 Å². The molecule has 0 aromatic rings. The third-order valence-electron chi connectivity index (χ3n) is 1.67. The second kappa shape index (κ2) is 6.48. The molecule has 5 nitrogen and oxygen atoms in total. The molecule has 1 N–H and O–H groups in total. The van der Waals surface area contributed by atoms with Gasteiger partial charge in [0.15, 0.2) is 0 Å². The zero-order valence-corrected chi connectivity index (χ0v) is 10.6. The molecule has 5 heteroatoms. The number of carbonyl (C=O) groups is 2. The lowest BCUT2D eigenvalue weighted by Crippen LogP contribution is -2.42. The molecule has 0 fully saturated rings. The summed E-state index contributed by atoms with van der Waals surface area (Å²) >= 11 is 0. The van der Waals surface area contributed by atoms with Crippen LogP contribution in [0.25, 0.3) is 0 Å². The molecule has 0 spiro atoms. The normalized spacial score (nSPS) is 13.1. The van der Waals surface area contributed by atoms with E-state index < -0.39 is 17.6 Å². The zero-order valence-electron chi connectivity index (χ0n) is 10.6. The summed E-state index contributed by atoms with van der Waals surface area (Å²) < 4.78 is 9.88. The largest absolute Gasteiger partial charge is 0.458 e. The molecular weight excluding hydrogens is 210 g/mol. The fourth-order valence-electron chi connectivity index (χ4n) is 0.958. The second-order valence-electron chi connectivity index (χ2n) is 4.57. The summed E-state index contributed by atoms with van der Waals surface area (Å²) in [5, 5.41) is 2.54. The molecule has 0 aromatic heterocycles. The average molecular weight is 231 g/mol. The minimum absolute atomic E-state index is 0.222. The quantitative estimate of drug-likeness (QED) is 0.713. The molecule has 1 amide bonds. The Morgan fingerprint density at radius 1 is 1.31 bits per heavy atom. The van der Waals surface area contributed by atoms with Crippen molar-refractivity contribution in [1.29, 1.82) is 0 Å². The fraction of sp³-hybridized carbons (Fsp3) is 0.818. The third-order valence-corrected chi connectivity index (χ3v) is 1.67. The molecule has 0 radical (unpaired) electrons. The first-order chi connectivity index (χ1) is 7.26. The Hall–Kier alpha value is -1.10. The highest BCUT2D eigenvalue weighted by Gasteiger charge is 2.22. The van der Waals surface area contributed by atoms with Crippen molar-refractivity contribution in [1.82, 2.24) is 5.32 Å². The maximum Gasteiger partial charge on any atom is 0.328 e. The van der Waals surface area contributed by atoms with Gasteiger partial charge < -0.3 is 14.8 Å². The van der Waals surface area contributed by atoms with Crippen molar-refractivity contribution in [3.05, 3.63) is 0 Å². The SMILES string of the molecule is COCCC(=O)N[C@H](C)C(=O)OC(C)(C)C. The minimum Gasteiger partial charge on any atom is -0.458 e. The van der Waals surface area contributed by atoms with E-state index in [0.717, 1.165) is 0 Å². The number of esters is 1. The number of carbonyl (C=O) groups excluding carboxylic acids is 2. The van der Waals surface area contributed by atoms with Crippen LogP contribution in [0.2, 0.25) is 0 Å². The second-order valence-corrected chi connectivity index (χ2v) is 4.57. The maximum absolute atomic E-state index is 11.5. The van der Waals surface area contributed by atoms with Crippen LogP contribution in [0.4, 0.5) is 0 Å². The van der Waals surface area contributed by atoms with E-state index in [0.29, 0.717) is 6.61 Å². The summed E-state index contributed by atoms with van der Waals surface area (Å²) in [4.78, 5) is 22.8. The Bertz CT molecular complexity index is 245. The summed E-state index contributed by atoms with van der Waals surface area (Å²) in [7, 11) is 1.52. The minimum atomic E-state index is -0.636. The molecule has 0 aliphatic heterocycles. The summed E-state index contributed by atoms with van der Waals surface area (Å²) in [6.45, 7) is 7.28. The molecule has 0 saturated heterocycles. The van der Waals surface area contributed by atoms with Gasteiger partial charge >= 0.3 is 5.97 Å². The van der Waals surface area contributed by atoms with E-state index in [4.69, 9.17) is 9.47 Å². The van der Waals surface area contributed by atoms with E-state index in [2.05, 4.69) is 5.32 Å². The highest BCUT2D eigenvalue weighted by molar-refractivity contribution is 5.84. The topological polar surface area (TPSA) is 64.6 Å². The van der Waals surface area contributed by atoms with Crippen LogP contribution in [0.5, 0.6) is 0 Å². The lowest BCUT2D eigenvalue weighted by atomic mass is 10.2. The lowest BCUT2D eigenvalue weighted by Gasteiger charge is -2.22. The molecule has 0 unspecified atom stereocenters. The van der Waals surface area contributed by atoms with Crippen LogP contribution in [0.3, 0.4) is 0 Å². The standard InChI is InChI=1S/C11H21NO4/c1-8(10(14)16-11(2,3)4)12-9(13)6-7-15-5/h8H,6-7H2,1-5H3,(H,12,13)/t8-/m1/s1. The molecule has 0 aliphatic rings. The number of hydrogen-bond acceptors (Lipinski definition) is 4. The summed E-state index contributed by atoms with van der Waals surface area (Å²) in [5.74, 6) is -0.654. The van der Waals surface area contributed by atoms with Crippen LogP contribution in [0.15, 0.2) is 0 Å². The van der Waals surface area contributed by atoms with Gasteiger partial charge in [0.25, 0.3) is 0 Å². The Morgan fingerprint density at radius 3 is 2.31 bits per heavy atom. The van der Waals surface area contributed by atoms with Crippen LogP contribution in [-0.2, 0) is 19.1 Å². The first kappa shape index (κ1) is 14.9. The molecule has 0 saturated carbocycles. The van der Waals surface area contributed by atoms with Crippen LogP contribution in [-0.4, -0.2) is 37.2 Å². The predicted molar refractivity (Wildman–Crippen MR) is 59.9 cm³/mol. The Morgan fingerprint density at radius 2 is 1.88 bits per heavy atom. The molecule has 0 bridgehead atoms. The van der Waals surface area contributed by atoms with Gasteiger partial charge in [-0.1, -0.05) is 0 Å². The summed E-state index contributed by atoms with van der Waals surface area (Å²) in [6.07, 6.45) is 0.240. The van der Waals surface area contributed by atoms with Crippen LogP contribution in [0.1, 0.15) is 34.1 Å². The number of amides is 1. The van der Waals surface area contributed by atoms with Crippen molar-refractivity contribution in [3.63, 3.8) is 0 Å². The fourth-order valence-corrected chi connectivity index (χ4v) is 0.958. The summed E-state index contributed by atoms with van der Waals surface area (Å²) in [6, 6.07) is -0.636. The van der Waals surface area contributed by atoms with Gasteiger partial charge in [-0.15, -0.1) is 0 Å². The molecule has 94 valence electrons. The van der Waals surface area contributed by atoms with Crippen molar-refractivity contribution in [2.75, 3.05) is 13.7 Å². The molecule has 0 aromatic carbocycles. The van der Waals surface area contributed by atoms with Gasteiger partial charge in [0, 0.05) is 13.5 Å². The van der Waals surface area contributed by atoms with Crippen LogP contribution < -0.4 is 5.32 Å². The number of ether oxygens (including phenoxy) is 2. The van der Waals surface area contributed by atoms with E-state index in [1.165, 1.54) is 7.11 Å². The average Bonchev–Trinajstić information content (AvgIpc) is 2.11. The molecular formula is C11H21NO4. The zero-order chi connectivity index (χ0) is 12.8. The maximum atomic E-state index is 11.5. The Kier molecular flexibility index (Phi) is 6.03. The van der Waals surface area contributed by atoms with Crippen LogP contribution >= 0.6 is 0 Å². The van der Waals surface area contributed by atoms with Crippen molar-refractivity contribution in [2.24, 2.45) is 0 Å². The number of nitrogens with one attached hydrogen (secondary N) is 1. The predicted octanol–water partition coefficient (Wildman–Crippen LogP) is 0.869. The van der Waals surface area contributed by atoms with E-state index in [1.807, 2.05) is 0 Å². The van der Waals surface area contributed by atoms with Crippen molar-refractivity contribution in [2.45, 2.75) is 45.8 Å².